The molecule has 0 N–H and O–H groups in total. The predicted molar refractivity (Wildman–Crippen MR) is 114 cm³/mol. The van der Waals surface area contributed by atoms with E-state index >= 15 is 0 Å². The number of hydrogen-bond donors (Lipinski definition) is 0. The number of aryl methyl sites for hydroxylation is 1. The first-order valence-corrected chi connectivity index (χ1v) is 10.6. The maximum atomic E-state index is 13.2. The van der Waals surface area contributed by atoms with Crippen LogP contribution in [0.3, 0.4) is 0 Å². The van der Waals surface area contributed by atoms with E-state index in [0.29, 0.717) is 5.91 Å². The average molecular weight is 389 g/mol. The highest BCUT2D eigenvalue weighted by Crippen LogP contribution is 2.41. The summed E-state index contributed by atoms with van der Waals surface area (Å²) in [6, 6.07) is 14.6. The number of pyridine rings is 1. The summed E-state index contributed by atoms with van der Waals surface area (Å²) >= 11 is 0. The molecule has 29 heavy (non-hydrogen) atoms. The Kier molecular flexibility index (Phi) is 4.63. The molecule has 0 saturated carbocycles. The molecule has 4 heterocycles. The van der Waals surface area contributed by atoms with Crippen LogP contribution in [0.1, 0.15) is 29.7 Å². The topological polar surface area (TPSA) is 40.9 Å². The summed E-state index contributed by atoms with van der Waals surface area (Å²) in [6.07, 6.45) is 7.13. The SMILES string of the molecule is Cc1ccc2nc(CN3CCC4(CCN(CCc5ccccc5)C4=O)C3)cn2c1. The normalized spacial score (nSPS) is 22.4. The van der Waals surface area contributed by atoms with Gasteiger partial charge in [0.05, 0.1) is 11.1 Å². The van der Waals surface area contributed by atoms with Crippen molar-refractivity contribution in [1.29, 1.82) is 0 Å². The largest absolute Gasteiger partial charge is 0.342 e. The molecule has 2 aromatic heterocycles. The van der Waals surface area contributed by atoms with Crippen LogP contribution in [0.5, 0.6) is 0 Å². The number of amides is 1. The molecule has 5 rings (SSSR count). The third-order valence-corrected chi connectivity index (χ3v) is 6.58. The second-order valence-electron chi connectivity index (χ2n) is 8.72. The molecule has 1 aromatic carbocycles. The molecular formula is C24H28N4O. The average Bonchev–Trinajstić information content (AvgIpc) is 3.40. The predicted octanol–water partition coefficient (Wildman–Crippen LogP) is 3.31. The highest BCUT2D eigenvalue weighted by Gasteiger charge is 2.50. The van der Waals surface area contributed by atoms with Gasteiger partial charge in [-0.25, -0.2) is 4.98 Å². The van der Waals surface area contributed by atoms with E-state index in [9.17, 15) is 4.79 Å². The molecule has 2 aliphatic heterocycles. The van der Waals surface area contributed by atoms with Gasteiger partial charge in [-0.3, -0.25) is 9.69 Å². The summed E-state index contributed by atoms with van der Waals surface area (Å²) in [5.41, 5.74) is 4.43. The van der Waals surface area contributed by atoms with Crippen LogP contribution in [0, 0.1) is 12.3 Å². The van der Waals surface area contributed by atoms with E-state index in [-0.39, 0.29) is 5.41 Å². The van der Waals surface area contributed by atoms with E-state index in [1.807, 2.05) is 6.07 Å². The van der Waals surface area contributed by atoms with Gasteiger partial charge in [0.1, 0.15) is 5.65 Å². The van der Waals surface area contributed by atoms with E-state index in [2.05, 4.69) is 69.9 Å². The molecule has 2 fully saturated rings. The highest BCUT2D eigenvalue weighted by atomic mass is 16.2. The molecule has 1 spiro atoms. The Bertz CT molecular complexity index is 1030. The van der Waals surface area contributed by atoms with Crippen molar-refractivity contribution in [2.24, 2.45) is 5.41 Å². The molecule has 2 aliphatic rings. The number of carbonyl (C=O) groups excluding carboxylic acids is 1. The van der Waals surface area contributed by atoms with Crippen molar-refractivity contribution in [3.63, 3.8) is 0 Å². The van der Waals surface area contributed by atoms with E-state index in [4.69, 9.17) is 4.98 Å². The van der Waals surface area contributed by atoms with Gasteiger partial charge < -0.3 is 9.30 Å². The van der Waals surface area contributed by atoms with Gasteiger partial charge in [0.15, 0.2) is 0 Å². The first kappa shape index (κ1) is 18.4. The first-order valence-electron chi connectivity index (χ1n) is 10.6. The standard InChI is InChI=1S/C24H28N4O/c1-19-7-8-22-25-21(17-28(22)15-19)16-26-13-10-24(18-26)11-14-27(23(24)29)12-9-20-5-3-2-4-6-20/h2-8,15,17H,9-14,16,18H2,1H3. The Hall–Kier alpha value is -2.66. The lowest BCUT2D eigenvalue weighted by Crippen LogP contribution is -2.37. The van der Waals surface area contributed by atoms with Gasteiger partial charge in [-0.15, -0.1) is 0 Å². The minimum absolute atomic E-state index is 0.174. The van der Waals surface area contributed by atoms with Crippen LogP contribution in [0.2, 0.25) is 0 Å². The third kappa shape index (κ3) is 3.55. The smallest absolute Gasteiger partial charge is 0.230 e. The zero-order valence-corrected chi connectivity index (χ0v) is 17.1. The van der Waals surface area contributed by atoms with Crippen molar-refractivity contribution in [3.05, 3.63) is 71.7 Å². The van der Waals surface area contributed by atoms with Gasteiger partial charge in [0.2, 0.25) is 5.91 Å². The minimum Gasteiger partial charge on any atom is -0.342 e. The number of nitrogens with zero attached hydrogens (tertiary/aromatic N) is 4. The number of benzene rings is 1. The molecule has 1 atom stereocenters. The second-order valence-corrected chi connectivity index (χ2v) is 8.72. The lowest BCUT2D eigenvalue weighted by molar-refractivity contribution is -0.135. The van der Waals surface area contributed by atoms with Crippen LogP contribution in [0.25, 0.3) is 5.65 Å². The Labute approximate surface area is 172 Å². The lowest BCUT2D eigenvalue weighted by atomic mass is 9.85. The van der Waals surface area contributed by atoms with Gasteiger partial charge >= 0.3 is 0 Å². The summed E-state index contributed by atoms with van der Waals surface area (Å²) in [4.78, 5) is 22.5. The molecule has 1 amide bonds. The van der Waals surface area contributed by atoms with E-state index < -0.39 is 0 Å². The fourth-order valence-electron chi connectivity index (χ4n) is 4.95. The maximum absolute atomic E-state index is 13.2. The summed E-state index contributed by atoms with van der Waals surface area (Å²) < 4.78 is 2.10. The van der Waals surface area contributed by atoms with Gasteiger partial charge in [-0.05, 0) is 49.9 Å². The van der Waals surface area contributed by atoms with Crippen LogP contribution < -0.4 is 0 Å². The Morgan fingerprint density at radius 1 is 1.03 bits per heavy atom. The summed E-state index contributed by atoms with van der Waals surface area (Å²) in [5, 5.41) is 0. The zero-order chi connectivity index (χ0) is 19.8. The van der Waals surface area contributed by atoms with Crippen molar-refractivity contribution in [1.82, 2.24) is 19.2 Å². The minimum atomic E-state index is -0.174. The van der Waals surface area contributed by atoms with Gasteiger partial charge in [-0.1, -0.05) is 36.4 Å². The monoisotopic (exact) mass is 388 g/mol. The number of aromatic nitrogens is 2. The van der Waals surface area contributed by atoms with Crippen LogP contribution in [-0.4, -0.2) is 51.3 Å². The number of imidazole rings is 1. The fourth-order valence-corrected chi connectivity index (χ4v) is 4.95. The molecular weight excluding hydrogens is 360 g/mol. The fraction of sp³-hybridized carbons (Fsp3) is 0.417. The van der Waals surface area contributed by atoms with Crippen LogP contribution >= 0.6 is 0 Å². The molecule has 0 bridgehead atoms. The maximum Gasteiger partial charge on any atom is 0.230 e. The molecule has 5 heteroatoms. The quantitative estimate of drug-likeness (QED) is 0.673. The molecule has 0 aliphatic carbocycles. The number of rotatable bonds is 5. The van der Waals surface area contributed by atoms with Crippen LogP contribution in [-0.2, 0) is 17.8 Å². The van der Waals surface area contributed by atoms with E-state index in [1.54, 1.807) is 0 Å². The van der Waals surface area contributed by atoms with Crippen molar-refractivity contribution >= 4 is 11.6 Å². The summed E-state index contributed by atoms with van der Waals surface area (Å²) in [7, 11) is 0. The Morgan fingerprint density at radius 2 is 1.86 bits per heavy atom. The van der Waals surface area contributed by atoms with Crippen molar-refractivity contribution in [2.45, 2.75) is 32.7 Å². The van der Waals surface area contributed by atoms with Gasteiger partial charge in [-0.2, -0.15) is 0 Å². The highest BCUT2D eigenvalue weighted by molar-refractivity contribution is 5.85. The van der Waals surface area contributed by atoms with Crippen molar-refractivity contribution in [3.8, 4) is 0 Å². The molecule has 1 unspecified atom stereocenters. The first-order chi connectivity index (χ1) is 14.1. The molecule has 3 aromatic rings. The van der Waals surface area contributed by atoms with Crippen LogP contribution in [0.4, 0.5) is 0 Å². The van der Waals surface area contributed by atoms with Gasteiger partial charge in [0, 0.05) is 38.6 Å². The Morgan fingerprint density at radius 3 is 2.72 bits per heavy atom. The molecule has 150 valence electrons. The second kappa shape index (κ2) is 7.30. The lowest BCUT2D eigenvalue weighted by Gasteiger charge is -2.23. The number of likely N-dealkylation sites (tertiary alicyclic amines) is 2. The van der Waals surface area contributed by atoms with Crippen LogP contribution in [0.15, 0.2) is 54.9 Å². The number of carbonyl (C=O) groups is 1. The molecule has 5 nitrogen and oxygen atoms in total. The van der Waals surface area contributed by atoms with E-state index in [0.717, 1.165) is 63.3 Å². The molecule has 2 saturated heterocycles. The van der Waals surface area contributed by atoms with Crippen molar-refractivity contribution < 1.29 is 4.79 Å². The summed E-state index contributed by atoms with van der Waals surface area (Å²) in [5.74, 6) is 0.363. The number of hydrogen-bond acceptors (Lipinski definition) is 3. The number of fused-ring (bicyclic) bond motifs is 1. The van der Waals surface area contributed by atoms with E-state index in [1.165, 1.54) is 11.1 Å². The molecule has 0 radical (unpaired) electrons. The Balaban J connectivity index is 1.22. The van der Waals surface area contributed by atoms with Crippen molar-refractivity contribution in [2.75, 3.05) is 26.2 Å². The summed E-state index contributed by atoms with van der Waals surface area (Å²) in [6.45, 7) is 6.48. The van der Waals surface area contributed by atoms with Gasteiger partial charge in [0.25, 0.3) is 0 Å². The third-order valence-electron chi connectivity index (χ3n) is 6.58. The zero-order valence-electron chi connectivity index (χ0n) is 17.1.